The van der Waals surface area contributed by atoms with Crippen LogP contribution in [0.15, 0.2) is 24.5 Å². The van der Waals surface area contributed by atoms with Crippen molar-refractivity contribution in [2.75, 3.05) is 0 Å². The number of H-pyrrole nitrogens is 1. The van der Waals surface area contributed by atoms with Crippen LogP contribution >= 0.6 is 12.2 Å². The first-order valence-corrected chi connectivity index (χ1v) is 6.79. The number of hydrogen-bond donors (Lipinski definition) is 1. The lowest BCUT2D eigenvalue weighted by Crippen LogP contribution is -2.00. The van der Waals surface area contributed by atoms with E-state index >= 15 is 0 Å². The first-order valence-electron chi connectivity index (χ1n) is 6.38. The molecule has 94 valence electrons. The molecule has 0 bridgehead atoms. The molecule has 2 aromatic heterocycles. The first kappa shape index (κ1) is 11.6. The van der Waals surface area contributed by atoms with Gasteiger partial charge in [-0.25, -0.2) is 0 Å². The number of nitrogens with zero attached hydrogens (tertiary/aromatic N) is 3. The first-order chi connectivity index (χ1) is 8.81. The molecular weight excluding hydrogens is 244 g/mol. The zero-order chi connectivity index (χ0) is 12.5. The Morgan fingerprint density at radius 1 is 1.44 bits per heavy atom. The third-order valence-electron chi connectivity index (χ3n) is 3.52. The summed E-state index contributed by atoms with van der Waals surface area (Å²) in [6.45, 7) is 2.23. The molecule has 2 atom stereocenters. The van der Waals surface area contributed by atoms with Crippen molar-refractivity contribution in [3.05, 3.63) is 29.3 Å². The third-order valence-corrected chi connectivity index (χ3v) is 3.81. The molecule has 2 heterocycles. The van der Waals surface area contributed by atoms with E-state index in [-0.39, 0.29) is 0 Å². The molecule has 3 rings (SSSR count). The summed E-state index contributed by atoms with van der Waals surface area (Å²) in [6.07, 6.45) is 7.30. The Balaban J connectivity index is 1.96. The lowest BCUT2D eigenvalue weighted by atomic mass is 10.2. The highest BCUT2D eigenvalue weighted by atomic mass is 32.1. The van der Waals surface area contributed by atoms with Crippen LogP contribution in [0.2, 0.25) is 0 Å². The summed E-state index contributed by atoms with van der Waals surface area (Å²) in [5.74, 6) is 1.70. The molecular formula is C13H16N4S. The number of aromatic nitrogens is 4. The SMILES string of the molecule is CCCC1CC1n1c(-c2ccncc2)n[nH]c1=S. The molecule has 0 radical (unpaired) electrons. The Morgan fingerprint density at radius 2 is 2.22 bits per heavy atom. The van der Waals surface area contributed by atoms with Crippen LogP contribution in [0.3, 0.4) is 0 Å². The lowest BCUT2D eigenvalue weighted by molar-refractivity contribution is 0.606. The summed E-state index contributed by atoms with van der Waals surface area (Å²) < 4.78 is 2.90. The van der Waals surface area contributed by atoms with Crippen molar-refractivity contribution in [1.82, 2.24) is 19.7 Å². The molecule has 0 aromatic carbocycles. The van der Waals surface area contributed by atoms with E-state index in [1.54, 1.807) is 12.4 Å². The number of nitrogens with one attached hydrogen (secondary N) is 1. The van der Waals surface area contributed by atoms with Crippen molar-refractivity contribution in [2.24, 2.45) is 5.92 Å². The number of pyridine rings is 1. The minimum atomic E-state index is 0.527. The monoisotopic (exact) mass is 260 g/mol. The molecule has 5 heteroatoms. The average Bonchev–Trinajstić information content (AvgIpc) is 3.04. The van der Waals surface area contributed by atoms with Gasteiger partial charge in [0.15, 0.2) is 10.6 Å². The van der Waals surface area contributed by atoms with Gasteiger partial charge >= 0.3 is 0 Å². The molecule has 0 spiro atoms. The molecule has 1 fully saturated rings. The van der Waals surface area contributed by atoms with Gasteiger partial charge in [0.25, 0.3) is 0 Å². The van der Waals surface area contributed by atoms with Gasteiger partial charge in [-0.05, 0) is 43.1 Å². The van der Waals surface area contributed by atoms with E-state index in [0.717, 1.165) is 22.1 Å². The maximum Gasteiger partial charge on any atom is 0.195 e. The highest BCUT2D eigenvalue weighted by molar-refractivity contribution is 7.71. The summed E-state index contributed by atoms with van der Waals surface area (Å²) in [4.78, 5) is 4.04. The van der Waals surface area contributed by atoms with Crippen LogP contribution in [-0.4, -0.2) is 19.7 Å². The number of hydrogen-bond acceptors (Lipinski definition) is 3. The van der Waals surface area contributed by atoms with E-state index in [1.165, 1.54) is 19.3 Å². The molecule has 2 aromatic rings. The predicted molar refractivity (Wildman–Crippen MR) is 72.7 cm³/mol. The quantitative estimate of drug-likeness (QED) is 0.857. The Labute approximate surface area is 111 Å². The van der Waals surface area contributed by atoms with Crippen molar-refractivity contribution in [3.8, 4) is 11.4 Å². The Bertz CT molecular complexity index is 587. The maximum atomic E-state index is 5.36. The second-order valence-electron chi connectivity index (χ2n) is 4.81. The van der Waals surface area contributed by atoms with Gasteiger partial charge in [0.05, 0.1) is 0 Å². The van der Waals surface area contributed by atoms with E-state index in [1.807, 2.05) is 12.1 Å². The van der Waals surface area contributed by atoms with Crippen LogP contribution in [0.25, 0.3) is 11.4 Å². The predicted octanol–water partition coefficient (Wildman–Crippen LogP) is 3.36. The molecule has 0 aliphatic heterocycles. The zero-order valence-electron chi connectivity index (χ0n) is 10.3. The fourth-order valence-corrected chi connectivity index (χ4v) is 2.81. The van der Waals surface area contributed by atoms with Crippen molar-refractivity contribution in [3.63, 3.8) is 0 Å². The van der Waals surface area contributed by atoms with Gasteiger partial charge in [-0.3, -0.25) is 14.6 Å². The summed E-state index contributed by atoms with van der Waals surface area (Å²) in [6, 6.07) is 4.47. The van der Waals surface area contributed by atoms with Crippen molar-refractivity contribution >= 4 is 12.2 Å². The van der Waals surface area contributed by atoms with E-state index in [2.05, 4.69) is 26.7 Å². The van der Waals surface area contributed by atoms with Crippen LogP contribution in [0.1, 0.15) is 32.2 Å². The molecule has 0 amide bonds. The summed E-state index contributed by atoms with van der Waals surface area (Å²) in [5, 5.41) is 7.27. The second-order valence-corrected chi connectivity index (χ2v) is 5.20. The van der Waals surface area contributed by atoms with Crippen molar-refractivity contribution in [1.29, 1.82) is 0 Å². The Kier molecular flexibility index (Phi) is 2.99. The molecule has 1 N–H and O–H groups in total. The van der Waals surface area contributed by atoms with E-state index in [0.29, 0.717) is 6.04 Å². The van der Waals surface area contributed by atoms with Crippen LogP contribution in [0.4, 0.5) is 0 Å². The fourth-order valence-electron chi connectivity index (χ4n) is 2.55. The van der Waals surface area contributed by atoms with Crippen LogP contribution < -0.4 is 0 Å². The number of rotatable bonds is 4. The highest BCUT2D eigenvalue weighted by Crippen LogP contribution is 2.47. The van der Waals surface area contributed by atoms with Crippen molar-refractivity contribution in [2.45, 2.75) is 32.2 Å². The zero-order valence-corrected chi connectivity index (χ0v) is 11.2. The molecule has 1 aliphatic carbocycles. The molecule has 2 unspecified atom stereocenters. The van der Waals surface area contributed by atoms with Gasteiger partial charge in [-0.15, -0.1) is 0 Å². The molecule has 18 heavy (non-hydrogen) atoms. The van der Waals surface area contributed by atoms with Gasteiger partial charge in [-0.1, -0.05) is 13.3 Å². The van der Waals surface area contributed by atoms with Gasteiger partial charge in [-0.2, -0.15) is 5.10 Å². The fraction of sp³-hybridized carbons (Fsp3) is 0.462. The standard InChI is InChI=1S/C13H16N4S/c1-2-3-10-8-11(10)17-12(15-16-13(17)18)9-4-6-14-7-5-9/h4-7,10-11H,2-3,8H2,1H3,(H,16,18). The summed E-state index contributed by atoms with van der Waals surface area (Å²) >= 11 is 5.36. The van der Waals surface area contributed by atoms with Crippen LogP contribution in [0, 0.1) is 10.7 Å². The molecule has 1 saturated carbocycles. The van der Waals surface area contributed by atoms with Gasteiger partial charge in [0, 0.05) is 24.0 Å². The topological polar surface area (TPSA) is 46.5 Å². The van der Waals surface area contributed by atoms with E-state index in [9.17, 15) is 0 Å². The normalized spacial score (nSPS) is 22.1. The molecule has 1 aliphatic rings. The van der Waals surface area contributed by atoms with E-state index < -0.39 is 0 Å². The number of aromatic amines is 1. The molecule has 0 saturated heterocycles. The Morgan fingerprint density at radius 3 is 2.94 bits per heavy atom. The highest BCUT2D eigenvalue weighted by Gasteiger charge is 2.39. The third kappa shape index (κ3) is 1.99. The minimum Gasteiger partial charge on any atom is -0.297 e. The summed E-state index contributed by atoms with van der Waals surface area (Å²) in [5.41, 5.74) is 1.07. The average molecular weight is 260 g/mol. The van der Waals surface area contributed by atoms with Crippen LogP contribution in [0.5, 0.6) is 0 Å². The smallest absolute Gasteiger partial charge is 0.195 e. The summed E-state index contributed by atoms with van der Waals surface area (Å²) in [7, 11) is 0. The van der Waals surface area contributed by atoms with Crippen LogP contribution in [-0.2, 0) is 0 Å². The van der Waals surface area contributed by atoms with E-state index in [4.69, 9.17) is 12.2 Å². The molecule has 4 nitrogen and oxygen atoms in total. The largest absolute Gasteiger partial charge is 0.297 e. The lowest BCUT2D eigenvalue weighted by Gasteiger charge is -2.05. The second kappa shape index (κ2) is 4.65. The van der Waals surface area contributed by atoms with Gasteiger partial charge < -0.3 is 0 Å². The minimum absolute atomic E-state index is 0.527. The van der Waals surface area contributed by atoms with Crippen molar-refractivity contribution < 1.29 is 0 Å². The Hall–Kier alpha value is -1.49. The van der Waals surface area contributed by atoms with Gasteiger partial charge in [0.1, 0.15) is 0 Å². The van der Waals surface area contributed by atoms with Gasteiger partial charge in [0.2, 0.25) is 0 Å². The maximum absolute atomic E-state index is 5.36.